The lowest BCUT2D eigenvalue weighted by Crippen LogP contribution is -2.40. The third-order valence-electron chi connectivity index (χ3n) is 3.48. The maximum Gasteiger partial charge on any atom is 0.321 e. The number of hydrogen-bond acceptors (Lipinski definition) is 7. The zero-order valence-electron chi connectivity index (χ0n) is 15.9. The van der Waals surface area contributed by atoms with E-state index in [1.54, 1.807) is 6.92 Å². The average molecular weight is 410 g/mol. The summed E-state index contributed by atoms with van der Waals surface area (Å²) >= 11 is 1.01. The van der Waals surface area contributed by atoms with Gasteiger partial charge in [0.15, 0.2) is 6.10 Å². The molecule has 0 fully saturated rings. The monoisotopic (exact) mass is 410 g/mol. The van der Waals surface area contributed by atoms with Crippen molar-refractivity contribution in [2.75, 3.05) is 12.3 Å². The summed E-state index contributed by atoms with van der Waals surface area (Å²) in [6.45, 7) is 6.31. The molecule has 2 N–H and O–H groups in total. The minimum atomic E-state index is -0.548. The van der Waals surface area contributed by atoms with Gasteiger partial charge in [0.05, 0.1) is 5.75 Å². The summed E-state index contributed by atoms with van der Waals surface area (Å²) < 4.78 is 24.0. The number of rotatable bonds is 9. The Hall–Kier alpha value is -2.62. The van der Waals surface area contributed by atoms with Crippen molar-refractivity contribution < 1.29 is 23.1 Å². The first-order valence-electron chi connectivity index (χ1n) is 8.79. The number of hydrogen-bond donors (Lipinski definition) is 2. The molecule has 0 saturated carbocycles. The molecule has 0 unspecified atom stereocenters. The van der Waals surface area contributed by atoms with Gasteiger partial charge in [-0.2, -0.15) is 0 Å². The molecule has 152 valence electrons. The molecule has 0 bridgehead atoms. The predicted molar refractivity (Wildman–Crippen MR) is 101 cm³/mol. The van der Waals surface area contributed by atoms with Crippen molar-refractivity contribution in [2.45, 2.75) is 38.5 Å². The number of imide groups is 1. The number of nitrogens with zero attached hydrogens (tertiary/aromatic N) is 2. The minimum Gasteiger partial charge on any atom is -0.481 e. The van der Waals surface area contributed by atoms with Crippen LogP contribution in [0.2, 0.25) is 0 Å². The van der Waals surface area contributed by atoms with Crippen LogP contribution >= 0.6 is 11.8 Å². The van der Waals surface area contributed by atoms with Gasteiger partial charge < -0.3 is 14.5 Å². The molecular formula is C18H23FN4O4S. The van der Waals surface area contributed by atoms with Crippen molar-refractivity contribution in [3.05, 3.63) is 36.0 Å². The summed E-state index contributed by atoms with van der Waals surface area (Å²) in [5.74, 6) is 0.271. The lowest BCUT2D eigenvalue weighted by atomic mass is 10.1. The molecule has 8 nitrogen and oxygen atoms in total. The Balaban J connectivity index is 1.75. The highest BCUT2D eigenvalue weighted by Gasteiger charge is 2.17. The number of benzene rings is 1. The number of thioether (sulfide) groups is 1. The Kier molecular flexibility index (Phi) is 8.24. The van der Waals surface area contributed by atoms with Gasteiger partial charge in [0, 0.05) is 6.54 Å². The van der Waals surface area contributed by atoms with Crippen molar-refractivity contribution in [1.82, 2.24) is 20.8 Å². The highest BCUT2D eigenvalue weighted by molar-refractivity contribution is 7.99. The number of carbonyl (C=O) groups is 2. The molecule has 0 aliphatic rings. The Morgan fingerprint density at radius 2 is 1.93 bits per heavy atom. The van der Waals surface area contributed by atoms with Gasteiger partial charge in [-0.05, 0) is 43.5 Å². The van der Waals surface area contributed by atoms with Crippen LogP contribution in [0.4, 0.5) is 9.18 Å². The Morgan fingerprint density at radius 3 is 2.61 bits per heavy atom. The second kappa shape index (κ2) is 10.6. The van der Waals surface area contributed by atoms with E-state index in [0.717, 1.165) is 18.2 Å². The van der Waals surface area contributed by atoms with E-state index in [0.29, 0.717) is 18.2 Å². The first-order valence-corrected chi connectivity index (χ1v) is 9.78. The smallest absolute Gasteiger partial charge is 0.321 e. The maximum atomic E-state index is 12.9. The third kappa shape index (κ3) is 7.55. The van der Waals surface area contributed by atoms with Crippen LogP contribution in [0.25, 0.3) is 0 Å². The summed E-state index contributed by atoms with van der Waals surface area (Å²) in [5, 5.41) is 12.8. The molecule has 1 heterocycles. The van der Waals surface area contributed by atoms with E-state index in [1.807, 2.05) is 13.8 Å². The molecule has 1 aromatic carbocycles. The van der Waals surface area contributed by atoms with E-state index in [2.05, 4.69) is 20.8 Å². The first kappa shape index (κ1) is 21.7. The van der Waals surface area contributed by atoms with E-state index in [4.69, 9.17) is 9.15 Å². The molecule has 2 rings (SSSR count). The number of nitrogens with one attached hydrogen (secondary N) is 2. The van der Waals surface area contributed by atoms with Gasteiger partial charge in [-0.25, -0.2) is 9.18 Å². The Labute approximate surface area is 166 Å². The number of ether oxygens (including phenoxy) is 1. The normalized spacial score (nSPS) is 11.9. The predicted octanol–water partition coefficient (Wildman–Crippen LogP) is 3.31. The van der Waals surface area contributed by atoms with E-state index < -0.39 is 18.0 Å². The highest BCUT2D eigenvalue weighted by Crippen LogP contribution is 2.24. The summed E-state index contributed by atoms with van der Waals surface area (Å²) in [5.41, 5.74) is 0. The van der Waals surface area contributed by atoms with Crippen molar-refractivity contribution >= 4 is 23.7 Å². The summed E-state index contributed by atoms with van der Waals surface area (Å²) in [4.78, 5) is 23.4. The van der Waals surface area contributed by atoms with Gasteiger partial charge >= 0.3 is 6.03 Å². The molecular weight excluding hydrogens is 387 g/mol. The first-order chi connectivity index (χ1) is 13.3. The fourth-order valence-electron chi connectivity index (χ4n) is 2.02. The van der Waals surface area contributed by atoms with Crippen LogP contribution in [0.15, 0.2) is 33.9 Å². The Morgan fingerprint density at radius 1 is 1.21 bits per heavy atom. The number of amides is 3. The summed E-state index contributed by atoms with van der Waals surface area (Å²) in [6.07, 6.45) is 0.284. The van der Waals surface area contributed by atoms with Crippen LogP contribution in [-0.4, -0.2) is 34.4 Å². The minimum absolute atomic E-state index is 0.0492. The second-order valence-electron chi connectivity index (χ2n) is 6.40. The molecule has 0 aliphatic heterocycles. The zero-order chi connectivity index (χ0) is 20.5. The van der Waals surface area contributed by atoms with E-state index in [-0.39, 0.29) is 22.7 Å². The molecule has 0 spiro atoms. The Bertz CT molecular complexity index is 782. The molecule has 10 heteroatoms. The standard InChI is InChI=1S/C18H23FN4O4S/c1-11(2)8-9-20-17(25)21-15(24)10-28-18-23-22-16(27-18)12(3)26-14-6-4-13(19)5-7-14/h4-7,11-12H,8-10H2,1-3H3,(H2,20,21,24,25)/t12-/m1/s1. The average Bonchev–Trinajstić information content (AvgIpc) is 3.11. The summed E-state index contributed by atoms with van der Waals surface area (Å²) in [7, 11) is 0. The largest absolute Gasteiger partial charge is 0.481 e. The van der Waals surface area contributed by atoms with Crippen molar-refractivity contribution in [2.24, 2.45) is 5.92 Å². The topological polar surface area (TPSA) is 106 Å². The van der Waals surface area contributed by atoms with Gasteiger partial charge in [-0.15, -0.1) is 10.2 Å². The third-order valence-corrected chi connectivity index (χ3v) is 4.30. The van der Waals surface area contributed by atoms with Crippen molar-refractivity contribution in [1.29, 1.82) is 0 Å². The number of halogens is 1. The number of aromatic nitrogens is 2. The fourth-order valence-corrected chi connectivity index (χ4v) is 2.59. The van der Waals surface area contributed by atoms with Crippen LogP contribution < -0.4 is 15.4 Å². The van der Waals surface area contributed by atoms with Crippen LogP contribution in [0.3, 0.4) is 0 Å². The van der Waals surface area contributed by atoms with Gasteiger partial charge in [0.2, 0.25) is 5.91 Å². The molecule has 3 amide bonds. The molecule has 1 atom stereocenters. The number of carbonyl (C=O) groups excluding carboxylic acids is 2. The van der Waals surface area contributed by atoms with Crippen molar-refractivity contribution in [3.8, 4) is 5.75 Å². The van der Waals surface area contributed by atoms with Crippen molar-refractivity contribution in [3.63, 3.8) is 0 Å². The lowest BCUT2D eigenvalue weighted by Gasteiger charge is -2.10. The fraction of sp³-hybridized carbons (Fsp3) is 0.444. The molecule has 0 saturated heterocycles. The van der Waals surface area contributed by atoms with Crippen LogP contribution in [0, 0.1) is 11.7 Å². The number of urea groups is 1. The lowest BCUT2D eigenvalue weighted by molar-refractivity contribution is -0.117. The summed E-state index contributed by atoms with van der Waals surface area (Å²) in [6, 6.07) is 5.03. The van der Waals surface area contributed by atoms with Crippen LogP contribution in [0.1, 0.15) is 39.2 Å². The molecule has 0 aliphatic carbocycles. The second-order valence-corrected chi connectivity index (χ2v) is 7.32. The molecule has 0 radical (unpaired) electrons. The maximum absolute atomic E-state index is 12.9. The molecule has 1 aromatic heterocycles. The quantitative estimate of drug-likeness (QED) is 0.611. The van der Waals surface area contributed by atoms with E-state index >= 15 is 0 Å². The van der Waals surface area contributed by atoms with Gasteiger partial charge in [-0.3, -0.25) is 10.1 Å². The molecule has 28 heavy (non-hydrogen) atoms. The zero-order valence-corrected chi connectivity index (χ0v) is 16.7. The van der Waals surface area contributed by atoms with Gasteiger partial charge in [0.1, 0.15) is 11.6 Å². The van der Waals surface area contributed by atoms with E-state index in [9.17, 15) is 14.0 Å². The van der Waals surface area contributed by atoms with Gasteiger partial charge in [-0.1, -0.05) is 25.6 Å². The van der Waals surface area contributed by atoms with Crippen LogP contribution in [-0.2, 0) is 4.79 Å². The van der Waals surface area contributed by atoms with Gasteiger partial charge in [0.25, 0.3) is 11.1 Å². The van der Waals surface area contributed by atoms with E-state index in [1.165, 1.54) is 24.3 Å². The SMILES string of the molecule is CC(C)CCNC(=O)NC(=O)CSc1nnc([C@@H](C)Oc2ccc(F)cc2)o1. The van der Waals surface area contributed by atoms with Crippen LogP contribution in [0.5, 0.6) is 5.75 Å². The molecule has 2 aromatic rings. The highest BCUT2D eigenvalue weighted by atomic mass is 32.2.